The molecule has 1 atom stereocenters. The zero-order valence-corrected chi connectivity index (χ0v) is 22.1. The monoisotopic (exact) mass is 499 g/mol. The molecule has 2 heterocycles. The summed E-state index contributed by atoms with van der Waals surface area (Å²) in [5, 5.41) is 0.760. The van der Waals surface area contributed by atoms with Gasteiger partial charge in [-0.25, -0.2) is 4.39 Å². The highest BCUT2D eigenvalue weighted by Gasteiger charge is 2.34. The summed E-state index contributed by atoms with van der Waals surface area (Å²) >= 11 is 0. The molecule has 1 aliphatic carbocycles. The first-order valence-electron chi connectivity index (χ1n) is 14.0. The predicted molar refractivity (Wildman–Crippen MR) is 141 cm³/mol. The topological polar surface area (TPSA) is 54.8 Å². The van der Waals surface area contributed by atoms with Gasteiger partial charge in [-0.2, -0.15) is 0 Å². The van der Waals surface area contributed by atoms with Crippen LogP contribution in [0.25, 0.3) is 10.9 Å². The summed E-state index contributed by atoms with van der Waals surface area (Å²) in [4.78, 5) is 30.3. The number of aromatic nitrogens is 1. The minimum absolute atomic E-state index is 0.0217. The van der Waals surface area contributed by atoms with Crippen LogP contribution in [0.1, 0.15) is 74.8 Å². The molecule has 1 aliphatic heterocycles. The van der Waals surface area contributed by atoms with E-state index in [9.17, 15) is 14.0 Å². The molecular weight excluding hydrogens is 457 g/mol. The summed E-state index contributed by atoms with van der Waals surface area (Å²) in [6, 6.07) is 4.85. The molecule has 1 aromatic carbocycles. The number of carbonyl (C=O) groups excluding carboxylic acids is 2. The minimum Gasteiger partial charge on any atom is -0.466 e. The maximum Gasteiger partial charge on any atom is 0.305 e. The minimum atomic E-state index is -0.296. The fourth-order valence-electron chi connectivity index (χ4n) is 5.83. The van der Waals surface area contributed by atoms with Gasteiger partial charge in [0.1, 0.15) is 5.82 Å². The Labute approximate surface area is 214 Å². The van der Waals surface area contributed by atoms with Crippen LogP contribution in [0.3, 0.4) is 0 Å². The first-order chi connectivity index (χ1) is 17.5. The van der Waals surface area contributed by atoms with Crippen LogP contribution in [0.5, 0.6) is 0 Å². The van der Waals surface area contributed by atoms with Gasteiger partial charge in [0.05, 0.1) is 6.61 Å². The number of fused-ring (bicyclic) bond motifs is 3. The number of ketones is 1. The molecule has 6 nitrogen and oxygen atoms in total. The van der Waals surface area contributed by atoms with E-state index in [-0.39, 0.29) is 23.5 Å². The molecule has 0 N–H and O–H groups in total. The van der Waals surface area contributed by atoms with Crippen LogP contribution in [0.15, 0.2) is 18.2 Å². The van der Waals surface area contributed by atoms with Crippen LogP contribution in [-0.4, -0.2) is 72.0 Å². The first kappa shape index (κ1) is 26.8. The van der Waals surface area contributed by atoms with Gasteiger partial charge in [0.2, 0.25) is 0 Å². The second-order valence-electron chi connectivity index (χ2n) is 10.3. The van der Waals surface area contributed by atoms with E-state index >= 15 is 0 Å². The number of nitrogens with zero attached hydrogens (tertiary/aromatic N) is 3. The van der Waals surface area contributed by atoms with Gasteiger partial charge in [0.25, 0.3) is 0 Å². The van der Waals surface area contributed by atoms with Crippen molar-refractivity contribution in [3.05, 3.63) is 35.3 Å². The lowest BCUT2D eigenvalue weighted by Crippen LogP contribution is -2.49. The van der Waals surface area contributed by atoms with Gasteiger partial charge in [-0.1, -0.05) is 19.8 Å². The number of rotatable bonds is 12. The number of hydrogen-bond donors (Lipinski definition) is 0. The number of unbranched alkanes of at least 4 members (excludes halogenated alkanes) is 3. The van der Waals surface area contributed by atoms with Gasteiger partial charge in [-0.05, 0) is 63.8 Å². The van der Waals surface area contributed by atoms with Crippen LogP contribution in [0.2, 0.25) is 0 Å². The van der Waals surface area contributed by atoms with Gasteiger partial charge < -0.3 is 19.1 Å². The van der Waals surface area contributed by atoms with E-state index < -0.39 is 0 Å². The highest BCUT2D eigenvalue weighted by Crippen LogP contribution is 2.35. The zero-order chi connectivity index (χ0) is 25.5. The summed E-state index contributed by atoms with van der Waals surface area (Å²) < 4.78 is 21.5. The predicted octanol–water partition coefficient (Wildman–Crippen LogP) is 5.07. The van der Waals surface area contributed by atoms with E-state index in [0.717, 1.165) is 93.5 Å². The van der Waals surface area contributed by atoms with Crippen molar-refractivity contribution in [1.29, 1.82) is 0 Å². The van der Waals surface area contributed by atoms with Crippen molar-refractivity contribution in [3.63, 3.8) is 0 Å². The van der Waals surface area contributed by atoms with Crippen molar-refractivity contribution in [2.75, 3.05) is 45.9 Å². The van der Waals surface area contributed by atoms with Crippen LogP contribution < -0.4 is 0 Å². The Morgan fingerprint density at radius 3 is 2.56 bits per heavy atom. The Kier molecular flexibility index (Phi) is 9.54. The van der Waals surface area contributed by atoms with Crippen molar-refractivity contribution in [2.45, 2.75) is 71.8 Å². The standard InChI is InChI=1S/C29H42FN3O3/c1-3-5-14-31-16-18-32(19-17-31)21-22-10-12-26-28(29(22)35)24-20-23(30)11-13-25(24)33(26)15-8-6-7-9-27(34)36-4-2/h11,13,20,22H,3-10,12,14-19,21H2,1-2H3. The molecule has 0 amide bonds. The molecule has 2 aliphatic rings. The summed E-state index contributed by atoms with van der Waals surface area (Å²) in [7, 11) is 0. The van der Waals surface area contributed by atoms with Crippen molar-refractivity contribution in [1.82, 2.24) is 14.4 Å². The fraction of sp³-hybridized carbons (Fsp3) is 0.655. The summed E-state index contributed by atoms with van der Waals surface area (Å²) in [6.07, 6.45) is 7.22. The van der Waals surface area contributed by atoms with E-state index in [1.807, 2.05) is 13.0 Å². The van der Waals surface area contributed by atoms with Crippen LogP contribution >= 0.6 is 0 Å². The molecule has 0 spiro atoms. The number of ether oxygens (including phenoxy) is 1. The second-order valence-corrected chi connectivity index (χ2v) is 10.3. The number of piperazine rings is 1. The number of benzene rings is 1. The third kappa shape index (κ3) is 6.35. The molecule has 4 rings (SSSR count). The first-order valence-corrected chi connectivity index (χ1v) is 14.0. The number of halogens is 1. The van der Waals surface area contributed by atoms with Gasteiger partial charge in [-0.15, -0.1) is 0 Å². The van der Waals surface area contributed by atoms with E-state index in [2.05, 4.69) is 21.3 Å². The number of hydrogen-bond acceptors (Lipinski definition) is 5. The molecule has 2 aromatic rings. The molecule has 1 aromatic heterocycles. The maximum absolute atomic E-state index is 14.3. The SMILES string of the molecule is CCCCN1CCN(CC2CCc3c(c4cc(F)ccc4n3CCCCCC(=O)OCC)C2=O)CC1. The van der Waals surface area contributed by atoms with Crippen LogP contribution in [0, 0.1) is 11.7 Å². The summed E-state index contributed by atoms with van der Waals surface area (Å²) in [5.74, 6) is -0.279. The lowest BCUT2D eigenvalue weighted by atomic mass is 9.84. The largest absolute Gasteiger partial charge is 0.466 e. The maximum atomic E-state index is 14.3. The molecule has 1 fully saturated rings. The molecule has 0 bridgehead atoms. The average molecular weight is 500 g/mol. The van der Waals surface area contributed by atoms with Crippen molar-refractivity contribution >= 4 is 22.7 Å². The Morgan fingerprint density at radius 1 is 1.03 bits per heavy atom. The van der Waals surface area contributed by atoms with Gasteiger partial charge >= 0.3 is 5.97 Å². The fourth-order valence-corrected chi connectivity index (χ4v) is 5.83. The molecule has 1 saturated heterocycles. The summed E-state index contributed by atoms with van der Waals surface area (Å²) in [5.41, 5.74) is 2.76. The van der Waals surface area contributed by atoms with E-state index in [1.54, 1.807) is 0 Å². The average Bonchev–Trinajstić information content (AvgIpc) is 3.18. The second kappa shape index (κ2) is 12.8. The van der Waals surface area contributed by atoms with Crippen LogP contribution in [0.4, 0.5) is 4.39 Å². The van der Waals surface area contributed by atoms with E-state index in [4.69, 9.17) is 4.74 Å². The third-order valence-electron chi connectivity index (χ3n) is 7.82. The molecule has 1 unspecified atom stereocenters. The number of aryl methyl sites for hydroxylation is 1. The Balaban J connectivity index is 1.42. The number of carbonyl (C=O) groups is 2. The zero-order valence-electron chi connectivity index (χ0n) is 22.1. The normalized spacial score (nSPS) is 19.1. The Morgan fingerprint density at radius 2 is 1.81 bits per heavy atom. The highest BCUT2D eigenvalue weighted by atomic mass is 19.1. The Hall–Kier alpha value is -2.25. The van der Waals surface area contributed by atoms with Crippen molar-refractivity contribution in [2.24, 2.45) is 5.92 Å². The highest BCUT2D eigenvalue weighted by molar-refractivity contribution is 6.11. The smallest absolute Gasteiger partial charge is 0.305 e. The summed E-state index contributed by atoms with van der Waals surface area (Å²) in [6.45, 7) is 11.4. The lowest BCUT2D eigenvalue weighted by Gasteiger charge is -2.37. The molecule has 198 valence electrons. The van der Waals surface area contributed by atoms with Gasteiger partial charge in [0.15, 0.2) is 5.78 Å². The molecule has 7 heteroatoms. The lowest BCUT2D eigenvalue weighted by molar-refractivity contribution is -0.143. The van der Waals surface area contributed by atoms with Gasteiger partial charge in [-0.3, -0.25) is 9.59 Å². The van der Waals surface area contributed by atoms with Crippen molar-refractivity contribution < 1.29 is 18.7 Å². The number of Topliss-reactive ketones (excluding diaryl/α,β-unsaturated/α-hetero) is 1. The Bertz CT molecular complexity index is 1040. The van der Waals surface area contributed by atoms with E-state index in [1.165, 1.54) is 31.5 Å². The molecular formula is C29H42FN3O3. The number of esters is 1. The molecule has 0 radical (unpaired) electrons. The van der Waals surface area contributed by atoms with E-state index in [0.29, 0.717) is 13.0 Å². The van der Waals surface area contributed by atoms with Crippen molar-refractivity contribution in [3.8, 4) is 0 Å². The van der Waals surface area contributed by atoms with Crippen LogP contribution in [-0.2, 0) is 22.5 Å². The quantitative estimate of drug-likeness (QED) is 0.302. The molecule has 36 heavy (non-hydrogen) atoms. The van der Waals surface area contributed by atoms with Gasteiger partial charge in [0, 0.05) is 73.8 Å². The third-order valence-corrected chi connectivity index (χ3v) is 7.82. The molecule has 0 saturated carbocycles.